The van der Waals surface area contributed by atoms with Gasteiger partial charge in [-0.3, -0.25) is 4.79 Å². The number of amides is 3. The highest BCUT2D eigenvalue weighted by molar-refractivity contribution is 7.13. The number of aryl methyl sites for hydroxylation is 1. The number of nitrogens with zero attached hydrogens (tertiary/aromatic N) is 3. The SMILES string of the molecule is Cc1ccc(NC(=O)c2nnc(C3CCCN(C(=O)Nc4ccc(F)cc4)C3)s2)cc1. The summed E-state index contributed by atoms with van der Waals surface area (Å²) in [5, 5.41) is 14.9. The monoisotopic (exact) mass is 439 g/mol. The number of benzene rings is 2. The lowest BCUT2D eigenvalue weighted by molar-refractivity contribution is 0.102. The molecule has 1 unspecified atom stereocenters. The number of rotatable bonds is 4. The van der Waals surface area contributed by atoms with Crippen LogP contribution in [0, 0.1) is 12.7 Å². The molecule has 0 spiro atoms. The number of carbonyl (C=O) groups is 2. The van der Waals surface area contributed by atoms with Crippen LogP contribution in [0.1, 0.15) is 39.1 Å². The molecule has 0 bridgehead atoms. The van der Waals surface area contributed by atoms with Crippen molar-refractivity contribution in [2.24, 2.45) is 0 Å². The molecule has 31 heavy (non-hydrogen) atoms. The van der Waals surface area contributed by atoms with E-state index in [0.717, 1.165) is 23.4 Å². The zero-order valence-corrected chi connectivity index (χ0v) is 17.8. The Morgan fingerprint density at radius 2 is 1.71 bits per heavy atom. The largest absolute Gasteiger partial charge is 0.324 e. The number of urea groups is 1. The van der Waals surface area contributed by atoms with Crippen LogP contribution in [0.4, 0.5) is 20.6 Å². The van der Waals surface area contributed by atoms with Gasteiger partial charge in [0.1, 0.15) is 10.8 Å². The molecule has 2 aromatic carbocycles. The molecule has 3 amide bonds. The highest BCUT2D eigenvalue weighted by Gasteiger charge is 2.28. The molecule has 9 heteroatoms. The maximum atomic E-state index is 13.1. The number of hydrogen-bond donors (Lipinski definition) is 2. The highest BCUT2D eigenvalue weighted by atomic mass is 32.1. The lowest BCUT2D eigenvalue weighted by Gasteiger charge is -2.31. The number of piperidine rings is 1. The second kappa shape index (κ2) is 9.22. The van der Waals surface area contributed by atoms with Crippen molar-refractivity contribution in [1.29, 1.82) is 0 Å². The molecule has 2 heterocycles. The number of hydrogen-bond acceptors (Lipinski definition) is 5. The molecule has 0 aliphatic carbocycles. The molecule has 0 saturated carbocycles. The first-order valence-corrected chi connectivity index (χ1v) is 10.8. The first-order valence-electron chi connectivity index (χ1n) is 10.0. The number of halogens is 1. The Bertz CT molecular complexity index is 1070. The highest BCUT2D eigenvalue weighted by Crippen LogP contribution is 2.29. The first-order chi connectivity index (χ1) is 15.0. The van der Waals surface area contributed by atoms with Crippen molar-refractivity contribution in [3.63, 3.8) is 0 Å². The fourth-order valence-corrected chi connectivity index (χ4v) is 4.28. The van der Waals surface area contributed by atoms with E-state index in [1.807, 2.05) is 31.2 Å². The van der Waals surface area contributed by atoms with Gasteiger partial charge in [0.25, 0.3) is 5.91 Å². The van der Waals surface area contributed by atoms with Gasteiger partial charge in [0.05, 0.1) is 0 Å². The third kappa shape index (κ3) is 5.24. The van der Waals surface area contributed by atoms with Crippen molar-refractivity contribution in [2.45, 2.75) is 25.7 Å². The number of anilines is 2. The quantitative estimate of drug-likeness (QED) is 0.620. The summed E-state index contributed by atoms with van der Waals surface area (Å²) in [7, 11) is 0. The smallest absolute Gasteiger partial charge is 0.321 e. The van der Waals surface area contributed by atoms with Crippen molar-refractivity contribution in [3.05, 3.63) is 69.9 Å². The van der Waals surface area contributed by atoms with E-state index in [9.17, 15) is 14.0 Å². The minimum absolute atomic E-state index is 0.0196. The van der Waals surface area contributed by atoms with Gasteiger partial charge in [0, 0.05) is 30.4 Å². The Hall–Kier alpha value is -3.33. The molecule has 1 aliphatic rings. The van der Waals surface area contributed by atoms with Crippen LogP contribution in [0.5, 0.6) is 0 Å². The predicted molar refractivity (Wildman–Crippen MR) is 118 cm³/mol. The summed E-state index contributed by atoms with van der Waals surface area (Å²) in [4.78, 5) is 26.8. The molecule has 2 N–H and O–H groups in total. The molecular formula is C22H22FN5O2S. The van der Waals surface area contributed by atoms with Crippen molar-refractivity contribution < 1.29 is 14.0 Å². The van der Waals surface area contributed by atoms with Gasteiger partial charge >= 0.3 is 6.03 Å². The van der Waals surface area contributed by atoms with Crippen LogP contribution in [0.25, 0.3) is 0 Å². The summed E-state index contributed by atoms with van der Waals surface area (Å²) in [6, 6.07) is 13.0. The van der Waals surface area contributed by atoms with E-state index in [0.29, 0.717) is 29.5 Å². The average molecular weight is 440 g/mol. The third-order valence-electron chi connectivity index (χ3n) is 5.10. The van der Waals surface area contributed by atoms with Gasteiger partial charge in [0.15, 0.2) is 0 Å². The molecule has 1 aromatic heterocycles. The van der Waals surface area contributed by atoms with Crippen molar-refractivity contribution in [1.82, 2.24) is 15.1 Å². The summed E-state index contributed by atoms with van der Waals surface area (Å²) in [5.74, 6) is -0.630. The molecule has 1 saturated heterocycles. The zero-order valence-electron chi connectivity index (χ0n) is 17.0. The average Bonchev–Trinajstić information content (AvgIpc) is 3.28. The third-order valence-corrected chi connectivity index (χ3v) is 6.18. The summed E-state index contributed by atoms with van der Waals surface area (Å²) < 4.78 is 13.1. The summed E-state index contributed by atoms with van der Waals surface area (Å²) in [6.45, 7) is 3.10. The fourth-order valence-electron chi connectivity index (χ4n) is 3.41. The fraction of sp³-hybridized carbons (Fsp3) is 0.273. The minimum Gasteiger partial charge on any atom is -0.324 e. The predicted octanol–water partition coefficient (Wildman–Crippen LogP) is 4.65. The minimum atomic E-state index is -0.352. The van der Waals surface area contributed by atoms with Gasteiger partial charge in [-0.15, -0.1) is 10.2 Å². The molecular weight excluding hydrogens is 417 g/mol. The van der Waals surface area contributed by atoms with E-state index in [1.54, 1.807) is 4.90 Å². The number of carbonyl (C=O) groups excluding carboxylic acids is 2. The Morgan fingerprint density at radius 1 is 1.03 bits per heavy atom. The molecule has 160 valence electrons. The van der Waals surface area contributed by atoms with Gasteiger partial charge in [-0.25, -0.2) is 9.18 Å². The van der Waals surface area contributed by atoms with Gasteiger partial charge < -0.3 is 15.5 Å². The van der Waals surface area contributed by atoms with E-state index < -0.39 is 0 Å². The summed E-state index contributed by atoms with van der Waals surface area (Å²) >= 11 is 1.25. The maximum Gasteiger partial charge on any atom is 0.321 e. The second-order valence-electron chi connectivity index (χ2n) is 7.49. The van der Waals surface area contributed by atoms with Crippen LogP contribution in [0.3, 0.4) is 0 Å². The topological polar surface area (TPSA) is 87.2 Å². The molecule has 1 aliphatic heterocycles. The van der Waals surface area contributed by atoms with Crippen molar-refractivity contribution in [2.75, 3.05) is 23.7 Å². The maximum absolute atomic E-state index is 13.1. The van der Waals surface area contributed by atoms with Crippen LogP contribution in [0.15, 0.2) is 48.5 Å². The summed E-state index contributed by atoms with van der Waals surface area (Å²) in [5.41, 5.74) is 2.36. The van der Waals surface area contributed by atoms with E-state index in [2.05, 4.69) is 20.8 Å². The Morgan fingerprint density at radius 3 is 2.45 bits per heavy atom. The van der Waals surface area contributed by atoms with E-state index in [-0.39, 0.29) is 23.7 Å². The lowest BCUT2D eigenvalue weighted by Crippen LogP contribution is -2.41. The van der Waals surface area contributed by atoms with E-state index in [1.165, 1.54) is 35.6 Å². The number of nitrogens with one attached hydrogen (secondary N) is 2. The van der Waals surface area contributed by atoms with Crippen LogP contribution >= 0.6 is 11.3 Å². The van der Waals surface area contributed by atoms with Crippen molar-refractivity contribution >= 4 is 34.6 Å². The molecule has 1 fully saturated rings. The second-order valence-corrected chi connectivity index (χ2v) is 8.50. The molecule has 3 aromatic rings. The molecule has 4 rings (SSSR count). The lowest BCUT2D eigenvalue weighted by atomic mass is 9.99. The van der Waals surface area contributed by atoms with Gasteiger partial charge in [-0.2, -0.15) is 0 Å². The van der Waals surface area contributed by atoms with Gasteiger partial charge in [-0.1, -0.05) is 29.0 Å². The molecule has 0 radical (unpaired) electrons. The Labute approximate surface area is 183 Å². The van der Waals surface area contributed by atoms with Gasteiger partial charge in [-0.05, 0) is 56.2 Å². The zero-order chi connectivity index (χ0) is 21.8. The van der Waals surface area contributed by atoms with Crippen molar-refractivity contribution in [3.8, 4) is 0 Å². The van der Waals surface area contributed by atoms with Crippen LogP contribution in [0.2, 0.25) is 0 Å². The molecule has 7 nitrogen and oxygen atoms in total. The van der Waals surface area contributed by atoms with Crippen LogP contribution in [-0.2, 0) is 0 Å². The van der Waals surface area contributed by atoms with E-state index >= 15 is 0 Å². The van der Waals surface area contributed by atoms with Crippen LogP contribution in [-0.4, -0.2) is 40.1 Å². The Balaban J connectivity index is 1.37. The summed E-state index contributed by atoms with van der Waals surface area (Å²) in [6.07, 6.45) is 1.69. The molecule has 1 atom stereocenters. The van der Waals surface area contributed by atoms with Gasteiger partial charge in [0.2, 0.25) is 5.01 Å². The number of likely N-dealkylation sites (tertiary alicyclic amines) is 1. The normalized spacial score (nSPS) is 16.1. The number of aromatic nitrogens is 2. The van der Waals surface area contributed by atoms with E-state index in [4.69, 9.17) is 0 Å². The Kier molecular flexibility index (Phi) is 6.22. The first kappa shape index (κ1) is 20.9. The van der Waals surface area contributed by atoms with Crippen LogP contribution < -0.4 is 10.6 Å². The standard InChI is InChI=1S/C22H22FN5O2S/c1-14-4-8-17(9-5-14)24-19(29)21-27-26-20(31-21)15-3-2-12-28(13-15)22(30)25-18-10-6-16(23)7-11-18/h4-11,15H,2-3,12-13H2,1H3,(H,24,29)(H,25,30).